The molecule has 0 radical (unpaired) electrons. The van der Waals surface area contributed by atoms with E-state index >= 15 is 0 Å². The quantitative estimate of drug-likeness (QED) is 0.727. The first-order chi connectivity index (χ1) is 12.5. The number of rotatable bonds is 7. The van der Waals surface area contributed by atoms with E-state index in [1.807, 2.05) is 6.07 Å². The summed E-state index contributed by atoms with van der Waals surface area (Å²) < 4.78 is 10.1. The lowest BCUT2D eigenvalue weighted by atomic mass is 10.0. The number of carbonyl (C=O) groups is 2. The van der Waals surface area contributed by atoms with E-state index in [0.29, 0.717) is 21.2 Å². The first-order valence-electron chi connectivity index (χ1n) is 7.86. The molecule has 138 valence electrons. The van der Waals surface area contributed by atoms with Gasteiger partial charge in [0, 0.05) is 23.6 Å². The molecule has 2 aromatic rings. The van der Waals surface area contributed by atoms with Gasteiger partial charge in [-0.25, -0.2) is 4.79 Å². The Bertz CT molecular complexity index is 747. The molecular weight excluding hydrogens is 377 g/mol. The number of methoxy groups -OCH3 is 2. The Morgan fingerprint density at radius 1 is 1.00 bits per heavy atom. The van der Waals surface area contributed by atoms with E-state index in [2.05, 4.69) is 5.32 Å². The van der Waals surface area contributed by atoms with Gasteiger partial charge in [0.05, 0.1) is 7.11 Å². The van der Waals surface area contributed by atoms with Crippen LogP contribution >= 0.6 is 23.2 Å². The van der Waals surface area contributed by atoms with Crippen molar-refractivity contribution in [2.24, 2.45) is 0 Å². The summed E-state index contributed by atoms with van der Waals surface area (Å²) in [7, 11) is 2.68. The van der Waals surface area contributed by atoms with Gasteiger partial charge in [0.25, 0.3) is 5.91 Å². The molecule has 2 rings (SSSR count). The van der Waals surface area contributed by atoms with Gasteiger partial charge in [-0.05, 0) is 23.3 Å². The second-order valence-corrected chi connectivity index (χ2v) is 6.33. The highest BCUT2D eigenvalue weighted by Crippen LogP contribution is 2.26. The van der Waals surface area contributed by atoms with Gasteiger partial charge in [-0.1, -0.05) is 59.6 Å². The Kier molecular flexibility index (Phi) is 7.45. The molecule has 0 saturated carbocycles. The summed E-state index contributed by atoms with van der Waals surface area (Å²) in [6, 6.07) is 13.1. The van der Waals surface area contributed by atoms with E-state index in [0.717, 1.165) is 0 Å². The summed E-state index contributed by atoms with van der Waals surface area (Å²) in [5.41, 5.74) is 1.23. The van der Waals surface area contributed by atoms with Gasteiger partial charge in [0.1, 0.15) is 6.04 Å². The van der Waals surface area contributed by atoms with Crippen molar-refractivity contribution >= 4 is 35.1 Å². The lowest BCUT2D eigenvalue weighted by Crippen LogP contribution is -2.45. The van der Waals surface area contributed by atoms with Crippen LogP contribution in [0.1, 0.15) is 17.2 Å². The Morgan fingerprint density at radius 2 is 1.62 bits per heavy atom. The van der Waals surface area contributed by atoms with Crippen molar-refractivity contribution in [3.63, 3.8) is 0 Å². The van der Waals surface area contributed by atoms with Gasteiger partial charge in [-0.3, -0.25) is 4.79 Å². The highest BCUT2D eigenvalue weighted by molar-refractivity contribution is 6.36. The van der Waals surface area contributed by atoms with Crippen molar-refractivity contribution in [1.29, 1.82) is 0 Å². The zero-order chi connectivity index (χ0) is 19.1. The third-order valence-corrected chi connectivity index (χ3v) is 4.56. The van der Waals surface area contributed by atoms with E-state index in [1.54, 1.807) is 42.5 Å². The number of nitrogens with one attached hydrogen (secondary N) is 1. The number of halogens is 2. The molecule has 0 aromatic heterocycles. The van der Waals surface area contributed by atoms with E-state index in [-0.39, 0.29) is 6.42 Å². The molecule has 0 bridgehead atoms. The predicted octanol–water partition coefficient (Wildman–Crippen LogP) is 3.58. The molecule has 0 saturated heterocycles. The number of amides is 1. The number of hydrogen-bond donors (Lipinski definition) is 1. The predicted molar refractivity (Wildman–Crippen MR) is 100 cm³/mol. The van der Waals surface area contributed by atoms with Crippen molar-refractivity contribution in [3.05, 3.63) is 69.7 Å². The average Bonchev–Trinajstić information content (AvgIpc) is 2.64. The van der Waals surface area contributed by atoms with Crippen LogP contribution in [0.15, 0.2) is 48.5 Å². The Balaban J connectivity index is 2.22. The van der Waals surface area contributed by atoms with Crippen LogP contribution in [0.4, 0.5) is 0 Å². The SMILES string of the molecule is COC(=O)[C@H](Cc1c(Cl)cccc1Cl)NC(=O)[C@H](OC)c1ccccc1. The standard InChI is InChI=1S/C19H19Cl2NO4/c1-25-17(12-7-4-3-5-8-12)18(23)22-16(19(24)26-2)11-13-14(20)9-6-10-15(13)21/h3-10,16-17H,11H2,1-2H3,(H,22,23)/t16-,17+/m0/s1. The van der Waals surface area contributed by atoms with Crippen LogP contribution in [0, 0.1) is 0 Å². The van der Waals surface area contributed by atoms with Gasteiger partial charge < -0.3 is 14.8 Å². The van der Waals surface area contributed by atoms with Crippen molar-refractivity contribution in [2.75, 3.05) is 14.2 Å². The lowest BCUT2D eigenvalue weighted by Gasteiger charge is -2.21. The van der Waals surface area contributed by atoms with Crippen molar-refractivity contribution in [2.45, 2.75) is 18.6 Å². The maximum absolute atomic E-state index is 12.7. The van der Waals surface area contributed by atoms with Crippen LogP contribution in [0.3, 0.4) is 0 Å². The molecule has 26 heavy (non-hydrogen) atoms. The molecule has 0 unspecified atom stereocenters. The second kappa shape index (κ2) is 9.57. The molecule has 1 N–H and O–H groups in total. The monoisotopic (exact) mass is 395 g/mol. The molecule has 0 aliphatic rings. The first kappa shape index (κ1) is 20.2. The van der Waals surface area contributed by atoms with Crippen molar-refractivity contribution in [3.8, 4) is 0 Å². The fourth-order valence-corrected chi connectivity index (χ4v) is 3.09. The Morgan fingerprint density at radius 3 is 2.15 bits per heavy atom. The first-order valence-corrected chi connectivity index (χ1v) is 8.62. The Labute approximate surface area is 162 Å². The van der Waals surface area contributed by atoms with Gasteiger partial charge in [-0.2, -0.15) is 0 Å². The van der Waals surface area contributed by atoms with E-state index in [9.17, 15) is 9.59 Å². The van der Waals surface area contributed by atoms with Crippen LogP contribution in [-0.4, -0.2) is 32.1 Å². The van der Waals surface area contributed by atoms with Gasteiger partial charge in [0.15, 0.2) is 6.10 Å². The molecule has 0 aliphatic heterocycles. The third-order valence-electron chi connectivity index (χ3n) is 3.85. The minimum Gasteiger partial charge on any atom is -0.467 e. The topological polar surface area (TPSA) is 64.6 Å². The molecular formula is C19H19Cl2NO4. The molecule has 1 amide bonds. The molecule has 7 heteroatoms. The maximum atomic E-state index is 12.7. The van der Waals surface area contributed by atoms with Crippen LogP contribution < -0.4 is 5.32 Å². The molecule has 0 aliphatic carbocycles. The van der Waals surface area contributed by atoms with Gasteiger partial charge in [0.2, 0.25) is 0 Å². The van der Waals surface area contributed by atoms with Crippen molar-refractivity contribution < 1.29 is 19.1 Å². The average molecular weight is 396 g/mol. The van der Waals surface area contributed by atoms with Crippen LogP contribution in [0.2, 0.25) is 10.0 Å². The van der Waals surface area contributed by atoms with Gasteiger partial charge >= 0.3 is 5.97 Å². The number of carbonyl (C=O) groups excluding carboxylic acids is 2. The number of hydrogen-bond acceptors (Lipinski definition) is 4. The summed E-state index contributed by atoms with van der Waals surface area (Å²) in [6.07, 6.45) is -0.757. The van der Waals surface area contributed by atoms with Gasteiger partial charge in [-0.15, -0.1) is 0 Å². The zero-order valence-electron chi connectivity index (χ0n) is 14.4. The number of esters is 1. The summed E-state index contributed by atoms with van der Waals surface area (Å²) in [5.74, 6) is -1.06. The van der Waals surface area contributed by atoms with E-state index in [4.69, 9.17) is 32.7 Å². The highest BCUT2D eigenvalue weighted by Gasteiger charge is 2.28. The number of ether oxygens (including phenoxy) is 2. The summed E-state index contributed by atoms with van der Waals surface area (Å²) >= 11 is 12.3. The van der Waals surface area contributed by atoms with Crippen LogP contribution in [0.25, 0.3) is 0 Å². The van der Waals surface area contributed by atoms with Crippen LogP contribution in [0.5, 0.6) is 0 Å². The molecule has 0 heterocycles. The summed E-state index contributed by atoms with van der Waals surface area (Å²) in [4.78, 5) is 24.8. The summed E-state index contributed by atoms with van der Waals surface area (Å²) in [5, 5.41) is 3.48. The highest BCUT2D eigenvalue weighted by atomic mass is 35.5. The molecule has 0 spiro atoms. The number of benzene rings is 2. The third kappa shape index (κ3) is 4.97. The molecule has 2 atom stereocenters. The summed E-state index contributed by atoms with van der Waals surface area (Å²) in [6.45, 7) is 0. The Hall–Kier alpha value is -2.08. The van der Waals surface area contributed by atoms with Crippen molar-refractivity contribution in [1.82, 2.24) is 5.32 Å². The smallest absolute Gasteiger partial charge is 0.328 e. The fraction of sp³-hybridized carbons (Fsp3) is 0.263. The normalized spacial score (nSPS) is 12.9. The molecule has 2 aromatic carbocycles. The zero-order valence-corrected chi connectivity index (χ0v) is 15.9. The largest absolute Gasteiger partial charge is 0.467 e. The maximum Gasteiger partial charge on any atom is 0.328 e. The lowest BCUT2D eigenvalue weighted by molar-refractivity contribution is -0.146. The molecule has 0 fully saturated rings. The minimum absolute atomic E-state index is 0.0993. The van der Waals surface area contributed by atoms with E-state index < -0.39 is 24.0 Å². The molecule has 5 nitrogen and oxygen atoms in total. The second-order valence-electron chi connectivity index (χ2n) is 5.52. The van der Waals surface area contributed by atoms with Crippen LogP contribution in [-0.2, 0) is 25.5 Å². The minimum atomic E-state index is -0.953. The fourth-order valence-electron chi connectivity index (χ4n) is 2.54. The van der Waals surface area contributed by atoms with E-state index in [1.165, 1.54) is 14.2 Å².